The number of esters is 1. The van der Waals surface area contributed by atoms with Crippen molar-refractivity contribution in [2.45, 2.75) is 12.7 Å². The number of ether oxygens (including phenoxy) is 1. The molecular formula is C16H17NO4S. The van der Waals surface area contributed by atoms with Gasteiger partial charge in [0.05, 0.1) is 18.4 Å². The molecule has 0 amide bonds. The fraction of sp³-hybridized carbons (Fsp3) is 0.188. The summed E-state index contributed by atoms with van der Waals surface area (Å²) in [6, 6.07) is 13.5. The van der Waals surface area contributed by atoms with Crippen LogP contribution in [0.25, 0.3) is 0 Å². The first-order valence-electron chi connectivity index (χ1n) is 6.64. The zero-order chi connectivity index (χ0) is 16.2. The second kappa shape index (κ2) is 6.62. The van der Waals surface area contributed by atoms with E-state index in [4.69, 9.17) is 0 Å². The van der Waals surface area contributed by atoms with Gasteiger partial charge in [-0.2, -0.15) is 0 Å². The Morgan fingerprint density at radius 2 is 1.86 bits per heavy atom. The topological polar surface area (TPSA) is 72.5 Å². The lowest BCUT2D eigenvalue weighted by molar-refractivity contribution is 0.0601. The van der Waals surface area contributed by atoms with Crippen LogP contribution in [0.3, 0.4) is 0 Å². The van der Waals surface area contributed by atoms with E-state index in [9.17, 15) is 13.2 Å². The van der Waals surface area contributed by atoms with E-state index in [0.717, 1.165) is 5.56 Å². The molecule has 0 fully saturated rings. The predicted octanol–water partition coefficient (Wildman–Crippen LogP) is 2.72. The standard InChI is InChI=1S/C16H17NO4S/c1-12-5-3-6-13(9-12)11-22(19,20)17-15-8-4-7-14(10-15)16(18)21-2/h3-10,17H,11H2,1-2H3. The van der Waals surface area contributed by atoms with Crippen molar-refractivity contribution in [1.82, 2.24) is 0 Å². The van der Waals surface area contributed by atoms with Crippen LogP contribution in [0.1, 0.15) is 21.5 Å². The van der Waals surface area contributed by atoms with Crippen LogP contribution in [0.2, 0.25) is 0 Å². The van der Waals surface area contributed by atoms with E-state index in [1.54, 1.807) is 24.3 Å². The van der Waals surface area contributed by atoms with Gasteiger partial charge in [0, 0.05) is 5.69 Å². The number of carbonyl (C=O) groups is 1. The zero-order valence-corrected chi connectivity index (χ0v) is 13.2. The molecule has 6 heteroatoms. The van der Waals surface area contributed by atoms with Crippen LogP contribution in [0.4, 0.5) is 5.69 Å². The minimum absolute atomic E-state index is 0.128. The first-order chi connectivity index (χ1) is 10.4. The summed E-state index contributed by atoms with van der Waals surface area (Å²) in [6.07, 6.45) is 0. The van der Waals surface area contributed by atoms with Gasteiger partial charge in [-0.3, -0.25) is 4.72 Å². The molecule has 2 aromatic carbocycles. The molecule has 0 radical (unpaired) electrons. The monoisotopic (exact) mass is 319 g/mol. The van der Waals surface area contributed by atoms with Gasteiger partial charge in [0.1, 0.15) is 0 Å². The summed E-state index contributed by atoms with van der Waals surface area (Å²) in [4.78, 5) is 11.5. The normalized spacial score (nSPS) is 11.0. The Kier molecular flexibility index (Phi) is 4.82. The van der Waals surface area contributed by atoms with E-state index in [-0.39, 0.29) is 5.75 Å². The summed E-state index contributed by atoms with van der Waals surface area (Å²) in [7, 11) is -2.28. The van der Waals surface area contributed by atoms with Crippen molar-refractivity contribution in [1.29, 1.82) is 0 Å². The molecule has 2 rings (SSSR count). The minimum Gasteiger partial charge on any atom is -0.465 e. The molecule has 0 aliphatic heterocycles. The quantitative estimate of drug-likeness (QED) is 0.860. The smallest absolute Gasteiger partial charge is 0.337 e. The molecular weight excluding hydrogens is 302 g/mol. The third-order valence-electron chi connectivity index (χ3n) is 3.00. The summed E-state index contributed by atoms with van der Waals surface area (Å²) in [5.74, 6) is -0.642. The number of rotatable bonds is 5. The van der Waals surface area contributed by atoms with Crippen LogP contribution in [0, 0.1) is 6.92 Å². The summed E-state index contributed by atoms with van der Waals surface area (Å²) in [5, 5.41) is 0. The average molecular weight is 319 g/mol. The highest BCUT2D eigenvalue weighted by atomic mass is 32.2. The van der Waals surface area contributed by atoms with Crippen molar-refractivity contribution in [3.8, 4) is 0 Å². The van der Waals surface area contributed by atoms with Crippen molar-refractivity contribution >= 4 is 21.7 Å². The van der Waals surface area contributed by atoms with Crippen molar-refractivity contribution in [3.05, 3.63) is 65.2 Å². The maximum absolute atomic E-state index is 12.2. The van der Waals surface area contributed by atoms with Crippen LogP contribution in [0.15, 0.2) is 48.5 Å². The van der Waals surface area contributed by atoms with Gasteiger partial charge in [0.25, 0.3) is 0 Å². The number of methoxy groups -OCH3 is 1. The Balaban J connectivity index is 2.17. The molecule has 0 bridgehead atoms. The Morgan fingerprint density at radius 1 is 1.14 bits per heavy atom. The molecule has 1 N–H and O–H groups in total. The van der Waals surface area contributed by atoms with Gasteiger partial charge in [-0.1, -0.05) is 35.9 Å². The summed E-state index contributed by atoms with van der Waals surface area (Å²) in [5.41, 5.74) is 2.32. The maximum atomic E-state index is 12.2. The fourth-order valence-electron chi connectivity index (χ4n) is 2.06. The predicted molar refractivity (Wildman–Crippen MR) is 85.2 cm³/mol. The third-order valence-corrected chi connectivity index (χ3v) is 4.26. The number of anilines is 1. The number of nitrogens with one attached hydrogen (secondary N) is 1. The van der Waals surface area contributed by atoms with Crippen molar-refractivity contribution in [2.24, 2.45) is 0 Å². The number of aryl methyl sites for hydroxylation is 1. The van der Waals surface area contributed by atoms with E-state index in [0.29, 0.717) is 16.8 Å². The molecule has 116 valence electrons. The van der Waals surface area contributed by atoms with Crippen molar-refractivity contribution in [2.75, 3.05) is 11.8 Å². The zero-order valence-electron chi connectivity index (χ0n) is 12.4. The number of hydrogen-bond acceptors (Lipinski definition) is 4. The summed E-state index contributed by atoms with van der Waals surface area (Å²) in [6.45, 7) is 1.91. The van der Waals surface area contributed by atoms with Crippen LogP contribution in [-0.4, -0.2) is 21.5 Å². The first-order valence-corrected chi connectivity index (χ1v) is 8.29. The van der Waals surface area contributed by atoms with Gasteiger partial charge in [-0.15, -0.1) is 0 Å². The Bertz CT molecular complexity index is 784. The number of sulfonamides is 1. The van der Waals surface area contributed by atoms with Crippen LogP contribution < -0.4 is 4.72 Å². The highest BCUT2D eigenvalue weighted by molar-refractivity contribution is 7.91. The Hall–Kier alpha value is -2.34. The van der Waals surface area contributed by atoms with Crippen LogP contribution >= 0.6 is 0 Å². The second-order valence-electron chi connectivity index (χ2n) is 4.92. The molecule has 22 heavy (non-hydrogen) atoms. The molecule has 0 saturated heterocycles. The highest BCUT2D eigenvalue weighted by Gasteiger charge is 2.13. The van der Waals surface area contributed by atoms with Crippen molar-refractivity contribution in [3.63, 3.8) is 0 Å². The number of benzene rings is 2. The minimum atomic E-state index is -3.56. The molecule has 0 heterocycles. The summed E-state index contributed by atoms with van der Waals surface area (Å²) >= 11 is 0. The third kappa shape index (κ3) is 4.33. The van der Waals surface area contributed by atoms with E-state index in [1.807, 2.05) is 25.1 Å². The SMILES string of the molecule is COC(=O)c1cccc(NS(=O)(=O)Cc2cccc(C)c2)c1. The molecule has 0 aliphatic rings. The average Bonchev–Trinajstić information content (AvgIpc) is 2.45. The van der Waals surface area contributed by atoms with Gasteiger partial charge in [0.15, 0.2) is 0 Å². The first kappa shape index (κ1) is 16.0. The van der Waals surface area contributed by atoms with E-state index >= 15 is 0 Å². The Morgan fingerprint density at radius 3 is 2.55 bits per heavy atom. The maximum Gasteiger partial charge on any atom is 0.337 e. The van der Waals surface area contributed by atoms with Gasteiger partial charge >= 0.3 is 5.97 Å². The molecule has 5 nitrogen and oxygen atoms in total. The molecule has 0 atom stereocenters. The van der Waals surface area contributed by atoms with Gasteiger partial charge < -0.3 is 4.74 Å². The molecule has 0 saturated carbocycles. The Labute approximate surface area is 130 Å². The van der Waals surface area contributed by atoms with Gasteiger partial charge in [-0.25, -0.2) is 13.2 Å². The molecule has 0 aliphatic carbocycles. The lowest BCUT2D eigenvalue weighted by atomic mass is 10.2. The molecule has 0 aromatic heterocycles. The largest absolute Gasteiger partial charge is 0.465 e. The number of hydrogen-bond donors (Lipinski definition) is 1. The molecule has 0 unspecified atom stereocenters. The van der Waals surface area contributed by atoms with Gasteiger partial charge in [0.2, 0.25) is 10.0 Å². The van der Waals surface area contributed by atoms with E-state index < -0.39 is 16.0 Å². The highest BCUT2D eigenvalue weighted by Crippen LogP contribution is 2.16. The second-order valence-corrected chi connectivity index (χ2v) is 6.64. The molecule has 2 aromatic rings. The van der Waals surface area contributed by atoms with Crippen LogP contribution in [0.5, 0.6) is 0 Å². The van der Waals surface area contributed by atoms with Gasteiger partial charge in [-0.05, 0) is 30.7 Å². The van der Waals surface area contributed by atoms with Crippen LogP contribution in [-0.2, 0) is 20.5 Å². The lowest BCUT2D eigenvalue weighted by Gasteiger charge is -2.09. The fourth-order valence-corrected chi connectivity index (χ4v) is 3.24. The van der Waals surface area contributed by atoms with Crippen molar-refractivity contribution < 1.29 is 17.9 Å². The number of carbonyl (C=O) groups excluding carboxylic acids is 1. The summed E-state index contributed by atoms with van der Waals surface area (Å²) < 4.78 is 31.5. The van der Waals surface area contributed by atoms with E-state index in [1.165, 1.54) is 13.2 Å². The lowest BCUT2D eigenvalue weighted by Crippen LogP contribution is -2.15. The molecule has 0 spiro atoms. The van der Waals surface area contributed by atoms with E-state index in [2.05, 4.69) is 9.46 Å².